The van der Waals surface area contributed by atoms with Gasteiger partial charge in [0.2, 0.25) is 0 Å². The van der Waals surface area contributed by atoms with E-state index in [0.29, 0.717) is 17.2 Å². The predicted octanol–water partition coefficient (Wildman–Crippen LogP) is 2.64. The first-order chi connectivity index (χ1) is 5.24. The van der Waals surface area contributed by atoms with E-state index in [2.05, 4.69) is 20.7 Å². The van der Waals surface area contributed by atoms with Crippen LogP contribution in [0.3, 0.4) is 0 Å². The van der Waals surface area contributed by atoms with Gasteiger partial charge in [-0.1, -0.05) is 27.5 Å². The van der Waals surface area contributed by atoms with Gasteiger partial charge in [-0.3, -0.25) is 4.79 Å². The number of benzene rings is 1. The summed E-state index contributed by atoms with van der Waals surface area (Å²) in [7, 11) is 0. The normalized spacial score (nSPS) is 9.27. The van der Waals surface area contributed by atoms with Crippen LogP contribution in [0.1, 0.15) is 0 Å². The molecule has 0 aliphatic carbocycles. The molecule has 0 N–H and O–H groups in total. The smallest absolute Gasteiger partial charge is 0.298 e. The Hall–Kier alpha value is -0.540. The molecule has 58 valence electrons. The van der Waals surface area contributed by atoms with Crippen molar-refractivity contribution in [1.82, 2.24) is 0 Å². The van der Waals surface area contributed by atoms with E-state index >= 15 is 0 Å². The lowest BCUT2D eigenvalue weighted by atomic mass is 10.3. The van der Waals surface area contributed by atoms with Gasteiger partial charge in [-0.25, -0.2) is 0 Å². The van der Waals surface area contributed by atoms with Gasteiger partial charge < -0.3 is 4.74 Å². The maximum atomic E-state index is 9.92. The van der Waals surface area contributed by atoms with Crippen molar-refractivity contribution in [3.8, 4) is 5.75 Å². The number of carbonyl (C=O) groups excluding carboxylic acids is 1. The molecule has 1 rings (SSSR count). The van der Waals surface area contributed by atoms with Crippen LogP contribution in [-0.4, -0.2) is 6.47 Å². The van der Waals surface area contributed by atoms with E-state index in [1.807, 2.05) is 0 Å². The average molecular weight is 235 g/mol. The molecule has 0 aromatic heterocycles. The molecule has 0 heterocycles. The van der Waals surface area contributed by atoms with Crippen LogP contribution in [0.5, 0.6) is 5.75 Å². The minimum Gasteiger partial charge on any atom is -0.427 e. The van der Waals surface area contributed by atoms with Gasteiger partial charge in [0.25, 0.3) is 6.47 Å². The molecule has 0 amide bonds. The van der Waals surface area contributed by atoms with Crippen LogP contribution in [0.25, 0.3) is 0 Å². The van der Waals surface area contributed by atoms with Crippen molar-refractivity contribution in [1.29, 1.82) is 0 Å². The molecule has 0 radical (unpaired) electrons. The molecule has 0 aliphatic rings. The highest BCUT2D eigenvalue weighted by Crippen LogP contribution is 2.26. The second-order valence-corrected chi connectivity index (χ2v) is 3.11. The Morgan fingerprint density at radius 3 is 2.82 bits per heavy atom. The predicted molar refractivity (Wildman–Crippen MR) is 45.8 cm³/mol. The highest BCUT2D eigenvalue weighted by atomic mass is 79.9. The molecule has 0 atom stereocenters. The summed E-state index contributed by atoms with van der Waals surface area (Å²) in [5.74, 6) is 0.366. The lowest BCUT2D eigenvalue weighted by Crippen LogP contribution is -1.88. The lowest BCUT2D eigenvalue weighted by molar-refractivity contribution is -0.120. The fraction of sp³-hybridized carbons (Fsp3) is 0. The Labute approximate surface area is 77.2 Å². The Kier molecular flexibility index (Phi) is 2.91. The van der Waals surface area contributed by atoms with Crippen molar-refractivity contribution >= 4 is 34.0 Å². The van der Waals surface area contributed by atoms with E-state index < -0.39 is 0 Å². The molecule has 1 aromatic rings. The third-order valence-electron chi connectivity index (χ3n) is 1.07. The second-order valence-electron chi connectivity index (χ2n) is 1.79. The molecule has 0 unspecified atom stereocenters. The summed E-state index contributed by atoms with van der Waals surface area (Å²) in [5, 5.41) is 0.409. The Morgan fingerprint density at radius 2 is 2.27 bits per heavy atom. The van der Waals surface area contributed by atoms with Gasteiger partial charge in [0.1, 0.15) is 5.75 Å². The summed E-state index contributed by atoms with van der Waals surface area (Å²) in [5.41, 5.74) is 0. The van der Waals surface area contributed by atoms with Crippen LogP contribution in [0.2, 0.25) is 5.02 Å². The van der Waals surface area contributed by atoms with Gasteiger partial charge in [-0.2, -0.15) is 0 Å². The van der Waals surface area contributed by atoms with Gasteiger partial charge in [0.05, 0.1) is 5.02 Å². The van der Waals surface area contributed by atoms with Gasteiger partial charge in [0, 0.05) is 4.47 Å². The van der Waals surface area contributed by atoms with Crippen molar-refractivity contribution in [3.63, 3.8) is 0 Å². The molecular formula is C7H4BrClO2. The molecule has 0 aliphatic heterocycles. The number of halogens is 2. The van der Waals surface area contributed by atoms with E-state index in [0.717, 1.165) is 4.47 Å². The van der Waals surface area contributed by atoms with Gasteiger partial charge in [0.15, 0.2) is 0 Å². The van der Waals surface area contributed by atoms with Crippen LogP contribution in [0.15, 0.2) is 22.7 Å². The topological polar surface area (TPSA) is 26.3 Å². The lowest BCUT2D eigenvalue weighted by Gasteiger charge is -1.99. The zero-order chi connectivity index (χ0) is 8.27. The van der Waals surface area contributed by atoms with Crippen LogP contribution in [-0.2, 0) is 4.79 Å². The second kappa shape index (κ2) is 3.74. The van der Waals surface area contributed by atoms with E-state index in [1.165, 1.54) is 0 Å². The summed E-state index contributed by atoms with van der Waals surface area (Å²) in [6, 6.07) is 5.01. The summed E-state index contributed by atoms with van der Waals surface area (Å²) in [6.07, 6.45) is 0. The van der Waals surface area contributed by atoms with E-state index in [4.69, 9.17) is 11.6 Å². The van der Waals surface area contributed by atoms with Crippen molar-refractivity contribution in [3.05, 3.63) is 27.7 Å². The largest absolute Gasteiger partial charge is 0.427 e. The summed E-state index contributed by atoms with van der Waals surface area (Å²) < 4.78 is 5.41. The molecule has 4 heteroatoms. The highest BCUT2D eigenvalue weighted by molar-refractivity contribution is 9.10. The zero-order valence-corrected chi connectivity index (χ0v) is 7.72. The van der Waals surface area contributed by atoms with Gasteiger partial charge in [-0.05, 0) is 18.2 Å². The Morgan fingerprint density at radius 1 is 1.55 bits per heavy atom. The third kappa shape index (κ3) is 2.20. The van der Waals surface area contributed by atoms with Crippen LogP contribution >= 0.6 is 27.5 Å². The zero-order valence-electron chi connectivity index (χ0n) is 5.38. The van der Waals surface area contributed by atoms with Gasteiger partial charge >= 0.3 is 0 Å². The maximum absolute atomic E-state index is 9.92. The van der Waals surface area contributed by atoms with Crippen LogP contribution in [0, 0.1) is 0 Å². The minimum atomic E-state index is 0.342. The average Bonchev–Trinajstić information content (AvgIpc) is 1.95. The molecule has 0 fully saturated rings. The van der Waals surface area contributed by atoms with E-state index in [9.17, 15) is 4.79 Å². The van der Waals surface area contributed by atoms with Crippen molar-refractivity contribution in [2.45, 2.75) is 0 Å². The van der Waals surface area contributed by atoms with Crippen LogP contribution in [0.4, 0.5) is 0 Å². The summed E-state index contributed by atoms with van der Waals surface area (Å²) in [6.45, 7) is 0.342. The molecule has 0 saturated heterocycles. The minimum absolute atomic E-state index is 0.342. The number of hydrogen-bond acceptors (Lipinski definition) is 2. The first-order valence-corrected chi connectivity index (χ1v) is 3.96. The highest BCUT2D eigenvalue weighted by Gasteiger charge is 1.99. The number of rotatable bonds is 2. The third-order valence-corrected chi connectivity index (χ3v) is 1.86. The van der Waals surface area contributed by atoms with Gasteiger partial charge in [-0.15, -0.1) is 0 Å². The number of hydrogen-bond donors (Lipinski definition) is 0. The molecule has 11 heavy (non-hydrogen) atoms. The molecule has 0 spiro atoms. The van der Waals surface area contributed by atoms with E-state index in [-0.39, 0.29) is 0 Å². The first kappa shape index (κ1) is 8.56. The van der Waals surface area contributed by atoms with Crippen molar-refractivity contribution < 1.29 is 9.53 Å². The monoisotopic (exact) mass is 234 g/mol. The number of carbonyl (C=O) groups is 1. The molecule has 0 saturated carbocycles. The SMILES string of the molecule is O=COc1ccc(Br)cc1Cl. The van der Waals surface area contributed by atoms with E-state index in [1.54, 1.807) is 18.2 Å². The number of ether oxygens (including phenoxy) is 1. The fourth-order valence-corrected chi connectivity index (χ4v) is 1.34. The van der Waals surface area contributed by atoms with Crippen LogP contribution < -0.4 is 4.74 Å². The Bertz CT molecular complexity index is 275. The van der Waals surface area contributed by atoms with Crippen molar-refractivity contribution in [2.24, 2.45) is 0 Å². The standard InChI is InChI=1S/C7H4BrClO2/c8-5-1-2-7(11-4-10)6(9)3-5/h1-4H. The quantitative estimate of drug-likeness (QED) is 0.737. The first-order valence-electron chi connectivity index (χ1n) is 2.79. The molecular weight excluding hydrogens is 231 g/mol. The molecule has 0 bridgehead atoms. The van der Waals surface area contributed by atoms with Crippen molar-refractivity contribution in [2.75, 3.05) is 0 Å². The summed E-state index contributed by atoms with van der Waals surface area (Å²) >= 11 is 8.91. The molecule has 1 aromatic carbocycles. The Balaban J connectivity index is 2.98. The fourth-order valence-electron chi connectivity index (χ4n) is 0.623. The molecule has 2 nitrogen and oxygen atoms in total. The summed E-state index contributed by atoms with van der Waals surface area (Å²) in [4.78, 5) is 9.92. The maximum Gasteiger partial charge on any atom is 0.298 e.